The molecule has 1 aromatic rings. The molecule has 6 heteroatoms. The van der Waals surface area contributed by atoms with Gasteiger partial charge in [-0.15, -0.1) is 11.3 Å². The molecule has 1 aliphatic heterocycles. The Morgan fingerprint density at radius 3 is 3.00 bits per heavy atom. The molecule has 1 saturated heterocycles. The van der Waals surface area contributed by atoms with Crippen molar-refractivity contribution in [3.63, 3.8) is 0 Å². The first-order valence-electron chi connectivity index (χ1n) is 7.92. The van der Waals surface area contributed by atoms with E-state index in [1.54, 1.807) is 11.3 Å². The number of amides is 1. The number of likely N-dealkylation sites (tertiary alicyclic amines) is 1. The highest BCUT2D eigenvalue weighted by atomic mass is 32.1. The number of carbonyl (C=O) groups excluding carboxylic acids is 1. The first-order valence-corrected chi connectivity index (χ1v) is 8.74. The minimum Gasteiger partial charge on any atom is -0.392 e. The van der Waals surface area contributed by atoms with Crippen molar-refractivity contribution < 1.29 is 9.90 Å². The number of β-amino-alcohol motifs (C(OH)–C–C–N with tert-alkyl or cyclic N) is 1. The summed E-state index contributed by atoms with van der Waals surface area (Å²) in [6.07, 6.45) is 5.22. The van der Waals surface area contributed by atoms with E-state index in [4.69, 9.17) is 0 Å². The van der Waals surface area contributed by atoms with E-state index in [1.165, 1.54) is 11.3 Å². The van der Waals surface area contributed by atoms with Gasteiger partial charge in [-0.1, -0.05) is 0 Å². The van der Waals surface area contributed by atoms with Crippen molar-refractivity contribution in [2.24, 2.45) is 0 Å². The molecule has 22 heavy (non-hydrogen) atoms. The largest absolute Gasteiger partial charge is 0.392 e. The summed E-state index contributed by atoms with van der Waals surface area (Å²) < 4.78 is 0. The molecule has 3 rings (SSSR count). The molecule has 0 aromatic carbocycles. The van der Waals surface area contributed by atoms with Gasteiger partial charge in [0.2, 0.25) is 5.91 Å². The number of hydrogen-bond acceptors (Lipinski definition) is 5. The second kappa shape index (κ2) is 6.78. The third-order valence-electron chi connectivity index (χ3n) is 4.44. The smallest absolute Gasteiger partial charge is 0.226 e. The SMILES string of the molecule is N#Cc1c(NC(=O)CCN2CC[C@H](O)C2)sc2c1CCCC2. The molecule has 118 valence electrons. The predicted octanol–water partition coefficient (Wildman–Crippen LogP) is 1.89. The van der Waals surface area contributed by atoms with Crippen molar-refractivity contribution in [3.8, 4) is 6.07 Å². The maximum absolute atomic E-state index is 12.1. The molecule has 1 amide bonds. The van der Waals surface area contributed by atoms with Gasteiger partial charge in [0.15, 0.2) is 0 Å². The molecule has 1 atom stereocenters. The lowest BCUT2D eigenvalue weighted by atomic mass is 9.96. The highest BCUT2D eigenvalue weighted by Crippen LogP contribution is 2.37. The van der Waals surface area contributed by atoms with Gasteiger partial charge in [0.1, 0.15) is 11.1 Å². The summed E-state index contributed by atoms with van der Waals surface area (Å²) in [5.41, 5.74) is 1.82. The van der Waals surface area contributed by atoms with Gasteiger partial charge in [0.05, 0.1) is 11.7 Å². The monoisotopic (exact) mass is 319 g/mol. The first kappa shape index (κ1) is 15.5. The average molecular weight is 319 g/mol. The molecule has 2 heterocycles. The molecular formula is C16H21N3O2S. The Kier molecular flexibility index (Phi) is 4.77. The second-order valence-corrected chi connectivity index (χ2v) is 7.17. The fraction of sp³-hybridized carbons (Fsp3) is 0.625. The maximum Gasteiger partial charge on any atom is 0.226 e. The van der Waals surface area contributed by atoms with Crippen LogP contribution in [0.4, 0.5) is 5.00 Å². The number of aliphatic hydroxyl groups is 1. The third kappa shape index (κ3) is 3.32. The van der Waals surface area contributed by atoms with Crippen LogP contribution in [0.5, 0.6) is 0 Å². The van der Waals surface area contributed by atoms with Gasteiger partial charge in [-0.25, -0.2) is 0 Å². The number of hydrogen-bond donors (Lipinski definition) is 2. The number of carbonyl (C=O) groups is 1. The van der Waals surface area contributed by atoms with Crippen molar-refractivity contribution in [1.82, 2.24) is 4.90 Å². The van der Waals surface area contributed by atoms with E-state index < -0.39 is 0 Å². The highest BCUT2D eigenvalue weighted by Gasteiger charge is 2.23. The van der Waals surface area contributed by atoms with Gasteiger partial charge in [0, 0.05) is 30.9 Å². The molecule has 0 bridgehead atoms. The zero-order chi connectivity index (χ0) is 15.5. The molecule has 0 radical (unpaired) electrons. The lowest BCUT2D eigenvalue weighted by Crippen LogP contribution is -2.26. The normalized spacial score (nSPS) is 21.4. The van der Waals surface area contributed by atoms with Crippen LogP contribution in [-0.2, 0) is 17.6 Å². The minimum absolute atomic E-state index is 0.0449. The van der Waals surface area contributed by atoms with Crippen molar-refractivity contribution in [2.75, 3.05) is 25.0 Å². The van der Waals surface area contributed by atoms with E-state index in [2.05, 4.69) is 16.3 Å². The number of fused-ring (bicyclic) bond motifs is 1. The number of nitrogens with one attached hydrogen (secondary N) is 1. The van der Waals surface area contributed by atoms with Crippen LogP contribution in [0.2, 0.25) is 0 Å². The van der Waals surface area contributed by atoms with E-state index in [9.17, 15) is 15.2 Å². The van der Waals surface area contributed by atoms with E-state index in [1.807, 2.05) is 0 Å². The van der Waals surface area contributed by atoms with Crippen LogP contribution in [0, 0.1) is 11.3 Å². The molecule has 0 spiro atoms. The van der Waals surface area contributed by atoms with Gasteiger partial charge in [-0.05, 0) is 37.7 Å². The second-order valence-electron chi connectivity index (χ2n) is 6.07. The average Bonchev–Trinajstić information content (AvgIpc) is 3.08. The standard InChI is InChI=1S/C16H21N3O2S/c17-9-13-12-3-1-2-4-14(12)22-16(13)18-15(21)6-8-19-7-5-11(20)10-19/h11,20H,1-8,10H2,(H,18,21)/t11-/m0/s1. The first-order chi connectivity index (χ1) is 10.7. The number of aryl methyl sites for hydroxylation is 1. The van der Waals surface area contributed by atoms with Crippen molar-refractivity contribution >= 4 is 22.2 Å². The topological polar surface area (TPSA) is 76.4 Å². The highest BCUT2D eigenvalue weighted by molar-refractivity contribution is 7.16. The van der Waals surface area contributed by atoms with Crippen molar-refractivity contribution in [3.05, 3.63) is 16.0 Å². The van der Waals surface area contributed by atoms with E-state index in [-0.39, 0.29) is 12.0 Å². The fourth-order valence-electron chi connectivity index (χ4n) is 3.24. The number of rotatable bonds is 4. The third-order valence-corrected chi connectivity index (χ3v) is 5.65. The Hall–Kier alpha value is -1.42. The molecule has 5 nitrogen and oxygen atoms in total. The zero-order valence-electron chi connectivity index (χ0n) is 12.6. The van der Waals surface area contributed by atoms with Gasteiger partial charge in [-0.2, -0.15) is 5.26 Å². The lowest BCUT2D eigenvalue weighted by molar-refractivity contribution is -0.116. The molecular weight excluding hydrogens is 298 g/mol. The van der Waals surface area contributed by atoms with Crippen molar-refractivity contribution in [2.45, 2.75) is 44.6 Å². The molecule has 0 saturated carbocycles. The minimum atomic E-state index is -0.253. The summed E-state index contributed by atoms with van der Waals surface area (Å²) in [5, 5.41) is 22.5. The summed E-state index contributed by atoms with van der Waals surface area (Å²) >= 11 is 1.57. The Bertz CT molecular complexity index is 605. The molecule has 2 aliphatic rings. The van der Waals surface area contributed by atoms with Gasteiger partial charge < -0.3 is 15.3 Å². The number of aliphatic hydroxyl groups excluding tert-OH is 1. The maximum atomic E-state index is 12.1. The van der Waals surface area contributed by atoms with Crippen molar-refractivity contribution in [1.29, 1.82) is 5.26 Å². The van der Waals surface area contributed by atoms with Gasteiger partial charge in [0.25, 0.3) is 0 Å². The molecule has 1 aliphatic carbocycles. The lowest BCUT2D eigenvalue weighted by Gasteiger charge is -2.14. The molecule has 2 N–H and O–H groups in total. The Morgan fingerprint density at radius 1 is 1.45 bits per heavy atom. The number of anilines is 1. The molecule has 1 fully saturated rings. The van der Waals surface area contributed by atoms with E-state index >= 15 is 0 Å². The summed E-state index contributed by atoms with van der Waals surface area (Å²) in [5.74, 6) is -0.0449. The fourth-order valence-corrected chi connectivity index (χ4v) is 4.49. The summed E-state index contributed by atoms with van der Waals surface area (Å²) in [6, 6.07) is 2.26. The summed E-state index contributed by atoms with van der Waals surface area (Å²) in [4.78, 5) is 15.5. The van der Waals surface area contributed by atoms with Gasteiger partial charge in [-0.3, -0.25) is 4.79 Å². The Labute approximate surface area is 134 Å². The number of thiophene rings is 1. The van der Waals surface area contributed by atoms with Crippen LogP contribution in [-0.4, -0.2) is 41.7 Å². The quantitative estimate of drug-likeness (QED) is 0.888. The Balaban J connectivity index is 1.59. The summed E-state index contributed by atoms with van der Waals surface area (Å²) in [6.45, 7) is 2.17. The van der Waals surface area contributed by atoms with E-state index in [0.717, 1.165) is 42.8 Å². The van der Waals surface area contributed by atoms with Crippen LogP contribution in [0.1, 0.15) is 41.7 Å². The van der Waals surface area contributed by atoms with Gasteiger partial charge >= 0.3 is 0 Å². The predicted molar refractivity (Wildman–Crippen MR) is 86.0 cm³/mol. The van der Waals surface area contributed by atoms with Crippen LogP contribution in [0.15, 0.2) is 0 Å². The number of nitriles is 1. The van der Waals surface area contributed by atoms with E-state index in [0.29, 0.717) is 25.1 Å². The Morgan fingerprint density at radius 2 is 2.27 bits per heavy atom. The molecule has 0 unspecified atom stereocenters. The van der Waals surface area contributed by atoms with Crippen LogP contribution < -0.4 is 5.32 Å². The zero-order valence-corrected chi connectivity index (χ0v) is 13.4. The summed E-state index contributed by atoms with van der Waals surface area (Å²) in [7, 11) is 0. The van der Waals surface area contributed by atoms with Crippen LogP contribution >= 0.6 is 11.3 Å². The molecule has 1 aromatic heterocycles. The van der Waals surface area contributed by atoms with Crippen LogP contribution in [0.3, 0.4) is 0 Å². The van der Waals surface area contributed by atoms with Crippen LogP contribution in [0.25, 0.3) is 0 Å². The number of nitrogens with zero attached hydrogens (tertiary/aromatic N) is 2.